The molecule has 4 heteroatoms. The fraction of sp³-hybridized carbons (Fsp3) is 0.267. The molecule has 0 amide bonds. The van der Waals surface area contributed by atoms with Crippen molar-refractivity contribution in [2.24, 2.45) is 0 Å². The van der Waals surface area contributed by atoms with E-state index in [1.165, 1.54) is 0 Å². The van der Waals surface area contributed by atoms with Crippen LogP contribution in [-0.2, 0) is 0 Å². The maximum Gasteiger partial charge on any atom is 0.151 e. The molecule has 3 nitrogen and oxygen atoms in total. The molecule has 0 fully saturated rings. The van der Waals surface area contributed by atoms with Crippen LogP contribution in [0, 0.1) is 0 Å². The molecule has 0 aliphatic rings. The molecule has 0 spiro atoms. The van der Waals surface area contributed by atoms with Gasteiger partial charge in [-0.25, -0.2) is 0 Å². The monoisotopic (exact) mass is 322 g/mol. The van der Waals surface area contributed by atoms with Crippen LogP contribution in [0.15, 0.2) is 28.7 Å². The van der Waals surface area contributed by atoms with Gasteiger partial charge in [-0.2, -0.15) is 0 Å². The van der Waals surface area contributed by atoms with Gasteiger partial charge in [0.25, 0.3) is 0 Å². The number of carbonyl (C=O) groups excluding carboxylic acids is 1. The van der Waals surface area contributed by atoms with Crippen LogP contribution in [0.3, 0.4) is 0 Å². The lowest BCUT2D eigenvalue weighted by molar-refractivity contribution is 0.112. The predicted octanol–water partition coefficient (Wildman–Crippen LogP) is 4.21. The Morgan fingerprint density at radius 3 is 2.58 bits per heavy atom. The number of methoxy groups -OCH3 is 1. The first-order chi connectivity index (χ1) is 9.08. The van der Waals surface area contributed by atoms with Gasteiger partial charge in [-0.3, -0.25) is 4.79 Å². The Hall–Kier alpha value is -1.55. The van der Waals surface area contributed by atoms with Gasteiger partial charge in [0, 0.05) is 15.4 Å². The van der Waals surface area contributed by atoms with Crippen LogP contribution in [0.4, 0.5) is 0 Å². The zero-order valence-corrected chi connectivity index (χ0v) is 12.7. The van der Waals surface area contributed by atoms with Gasteiger partial charge in [0.05, 0.1) is 18.6 Å². The summed E-state index contributed by atoms with van der Waals surface area (Å²) in [5.41, 5.74) is 0.561. The summed E-state index contributed by atoms with van der Waals surface area (Å²) < 4.78 is 12.0. The summed E-state index contributed by atoms with van der Waals surface area (Å²) in [7, 11) is 1.59. The van der Waals surface area contributed by atoms with E-state index in [0.29, 0.717) is 11.3 Å². The number of ether oxygens (including phenoxy) is 2. The van der Waals surface area contributed by atoms with Gasteiger partial charge in [-0.15, -0.1) is 0 Å². The number of hydrogen-bond donors (Lipinski definition) is 0. The molecule has 0 heterocycles. The summed E-state index contributed by atoms with van der Waals surface area (Å²) >= 11 is 3.46. The molecule has 2 aromatic carbocycles. The summed E-state index contributed by atoms with van der Waals surface area (Å²) in [5.74, 6) is 1.39. The molecule has 100 valence electrons. The lowest BCUT2D eigenvalue weighted by atomic mass is 10.1. The average molecular weight is 323 g/mol. The summed E-state index contributed by atoms with van der Waals surface area (Å²) in [4.78, 5) is 11.1. The lowest BCUT2D eigenvalue weighted by Crippen LogP contribution is -2.06. The Balaban J connectivity index is 2.80. The third kappa shape index (κ3) is 2.59. The minimum Gasteiger partial charge on any atom is -0.496 e. The normalized spacial score (nSPS) is 10.8. The first-order valence-electron chi connectivity index (χ1n) is 5.99. The van der Waals surface area contributed by atoms with Crippen LogP contribution < -0.4 is 9.47 Å². The Bertz CT molecular complexity index is 620. The van der Waals surface area contributed by atoms with Gasteiger partial charge >= 0.3 is 0 Å². The fourth-order valence-electron chi connectivity index (χ4n) is 2.00. The molecular formula is C15H15BrO3. The van der Waals surface area contributed by atoms with Crippen LogP contribution in [0.1, 0.15) is 24.2 Å². The molecule has 0 radical (unpaired) electrons. The van der Waals surface area contributed by atoms with Gasteiger partial charge < -0.3 is 9.47 Å². The molecule has 0 aliphatic heterocycles. The SMILES string of the molecule is COc1cc(C=O)c(Br)c2cccc(OC(C)C)c12. The van der Waals surface area contributed by atoms with Gasteiger partial charge in [-0.1, -0.05) is 12.1 Å². The minimum absolute atomic E-state index is 0.0693. The minimum atomic E-state index is 0.0693. The van der Waals surface area contributed by atoms with E-state index in [9.17, 15) is 4.79 Å². The zero-order chi connectivity index (χ0) is 14.0. The smallest absolute Gasteiger partial charge is 0.151 e. The highest BCUT2D eigenvalue weighted by molar-refractivity contribution is 9.10. The summed E-state index contributed by atoms with van der Waals surface area (Å²) in [5, 5.41) is 1.77. The van der Waals surface area contributed by atoms with Crippen molar-refractivity contribution < 1.29 is 14.3 Å². The molecule has 0 N–H and O–H groups in total. The maximum atomic E-state index is 11.1. The van der Waals surface area contributed by atoms with Crippen molar-refractivity contribution in [1.29, 1.82) is 0 Å². The van der Waals surface area contributed by atoms with E-state index in [-0.39, 0.29) is 6.10 Å². The van der Waals surface area contributed by atoms with Crippen LogP contribution in [0.5, 0.6) is 11.5 Å². The number of fused-ring (bicyclic) bond motifs is 1. The summed E-state index contributed by atoms with van der Waals surface area (Å²) in [6.45, 7) is 3.94. The van der Waals surface area contributed by atoms with Crippen molar-refractivity contribution >= 4 is 33.0 Å². The topological polar surface area (TPSA) is 35.5 Å². The second-order valence-electron chi connectivity index (χ2n) is 4.45. The number of hydrogen-bond acceptors (Lipinski definition) is 3. The molecule has 0 atom stereocenters. The summed E-state index contributed by atoms with van der Waals surface area (Å²) in [6, 6.07) is 7.45. The standard InChI is InChI=1S/C15H15BrO3/c1-9(2)19-12-6-4-5-11-14(12)13(18-3)7-10(8-17)15(11)16/h4-9H,1-3H3. The molecule has 0 unspecified atom stereocenters. The van der Waals surface area contributed by atoms with E-state index in [0.717, 1.165) is 27.3 Å². The molecule has 2 aromatic rings. The predicted molar refractivity (Wildman–Crippen MR) is 79.4 cm³/mol. The van der Waals surface area contributed by atoms with Gasteiger partial charge in [0.15, 0.2) is 6.29 Å². The van der Waals surface area contributed by atoms with E-state index in [2.05, 4.69) is 15.9 Å². The Morgan fingerprint density at radius 2 is 2.00 bits per heavy atom. The highest BCUT2D eigenvalue weighted by Crippen LogP contribution is 2.40. The maximum absolute atomic E-state index is 11.1. The van der Waals surface area contributed by atoms with Crippen LogP contribution in [0.2, 0.25) is 0 Å². The van der Waals surface area contributed by atoms with Crippen molar-refractivity contribution in [2.75, 3.05) is 7.11 Å². The van der Waals surface area contributed by atoms with E-state index in [1.807, 2.05) is 32.0 Å². The molecule has 2 rings (SSSR count). The second kappa shape index (κ2) is 5.61. The molecule has 0 aliphatic carbocycles. The van der Waals surface area contributed by atoms with Crippen LogP contribution in [0.25, 0.3) is 10.8 Å². The number of carbonyl (C=O) groups is 1. The van der Waals surface area contributed by atoms with Crippen LogP contribution in [-0.4, -0.2) is 19.5 Å². The number of benzene rings is 2. The first kappa shape index (κ1) is 13.9. The highest BCUT2D eigenvalue weighted by atomic mass is 79.9. The van der Waals surface area contributed by atoms with Crippen LogP contribution >= 0.6 is 15.9 Å². The van der Waals surface area contributed by atoms with Gasteiger partial charge in [-0.05, 0) is 41.9 Å². The molecule has 0 aromatic heterocycles. The molecular weight excluding hydrogens is 308 g/mol. The van der Waals surface area contributed by atoms with Crippen molar-refractivity contribution in [3.8, 4) is 11.5 Å². The zero-order valence-electron chi connectivity index (χ0n) is 11.1. The Morgan fingerprint density at radius 1 is 1.26 bits per heavy atom. The average Bonchev–Trinajstić information content (AvgIpc) is 2.39. The third-order valence-corrected chi connectivity index (χ3v) is 3.64. The molecule has 0 bridgehead atoms. The number of rotatable bonds is 4. The van der Waals surface area contributed by atoms with E-state index < -0.39 is 0 Å². The lowest BCUT2D eigenvalue weighted by Gasteiger charge is -2.16. The fourth-order valence-corrected chi connectivity index (χ4v) is 2.54. The molecule has 0 saturated carbocycles. The largest absolute Gasteiger partial charge is 0.496 e. The molecule has 0 saturated heterocycles. The van der Waals surface area contributed by atoms with Crippen molar-refractivity contribution in [3.05, 3.63) is 34.3 Å². The third-order valence-electron chi connectivity index (χ3n) is 2.76. The second-order valence-corrected chi connectivity index (χ2v) is 5.24. The quantitative estimate of drug-likeness (QED) is 0.791. The summed E-state index contributed by atoms with van der Waals surface area (Å²) in [6.07, 6.45) is 0.877. The first-order valence-corrected chi connectivity index (χ1v) is 6.78. The number of aldehydes is 1. The van der Waals surface area contributed by atoms with Gasteiger partial charge in [0.1, 0.15) is 11.5 Å². The Kier molecular flexibility index (Phi) is 4.10. The Labute approximate surface area is 120 Å². The molecule has 19 heavy (non-hydrogen) atoms. The van der Waals surface area contributed by atoms with E-state index in [1.54, 1.807) is 13.2 Å². The van der Waals surface area contributed by atoms with Crippen molar-refractivity contribution in [2.45, 2.75) is 20.0 Å². The van der Waals surface area contributed by atoms with Gasteiger partial charge in [0.2, 0.25) is 0 Å². The van der Waals surface area contributed by atoms with Crippen molar-refractivity contribution in [1.82, 2.24) is 0 Å². The van der Waals surface area contributed by atoms with E-state index >= 15 is 0 Å². The highest BCUT2D eigenvalue weighted by Gasteiger charge is 2.15. The van der Waals surface area contributed by atoms with Crippen molar-refractivity contribution in [3.63, 3.8) is 0 Å². The number of halogens is 1. The van der Waals surface area contributed by atoms with E-state index in [4.69, 9.17) is 9.47 Å².